The fraction of sp³-hybridized carbons (Fsp3) is 1.00. The second-order valence-electron chi connectivity index (χ2n) is 4.61. The van der Waals surface area contributed by atoms with Gasteiger partial charge in [-0.1, -0.05) is 6.42 Å². The molecule has 0 aliphatic carbocycles. The van der Waals surface area contributed by atoms with E-state index in [2.05, 4.69) is 18.7 Å². The van der Waals surface area contributed by atoms with E-state index in [1.807, 2.05) is 0 Å². The highest BCUT2D eigenvalue weighted by Crippen LogP contribution is 2.36. The highest BCUT2D eigenvalue weighted by atomic mass is 32.2. The molecule has 4 heteroatoms. The molecule has 3 nitrogen and oxygen atoms in total. The van der Waals surface area contributed by atoms with Crippen molar-refractivity contribution in [2.24, 2.45) is 5.73 Å². The molecule has 2 aliphatic heterocycles. The molecule has 0 aromatic heterocycles. The Hall–Kier alpha value is 0.230. The van der Waals surface area contributed by atoms with Crippen molar-refractivity contribution in [3.05, 3.63) is 0 Å². The molecule has 0 radical (unpaired) electrons. The number of nitrogens with two attached hydrogens (primary N) is 1. The fourth-order valence-electron chi connectivity index (χ4n) is 2.29. The molecular weight excluding hydrogens is 210 g/mol. The first-order valence-corrected chi connectivity index (χ1v) is 6.90. The van der Waals surface area contributed by atoms with Gasteiger partial charge in [0, 0.05) is 18.2 Å². The predicted octanol–water partition coefficient (Wildman–Crippen LogP) is 1.75. The van der Waals surface area contributed by atoms with Gasteiger partial charge in [-0.3, -0.25) is 0 Å². The zero-order valence-corrected chi connectivity index (χ0v) is 10.2. The van der Waals surface area contributed by atoms with Crippen LogP contribution in [0.3, 0.4) is 0 Å². The van der Waals surface area contributed by atoms with Gasteiger partial charge in [-0.2, -0.15) is 11.8 Å². The zero-order chi connectivity index (χ0) is 10.7. The minimum Gasteiger partial charge on any atom is -0.347 e. The van der Waals surface area contributed by atoms with Gasteiger partial charge in [0.15, 0.2) is 5.79 Å². The zero-order valence-electron chi connectivity index (χ0n) is 9.41. The van der Waals surface area contributed by atoms with Gasteiger partial charge < -0.3 is 15.2 Å². The van der Waals surface area contributed by atoms with Crippen LogP contribution in [0.15, 0.2) is 0 Å². The summed E-state index contributed by atoms with van der Waals surface area (Å²) in [6.45, 7) is 3.27. The van der Waals surface area contributed by atoms with Crippen molar-refractivity contribution in [3.63, 3.8) is 0 Å². The Morgan fingerprint density at radius 3 is 2.93 bits per heavy atom. The van der Waals surface area contributed by atoms with Crippen LogP contribution < -0.4 is 5.73 Å². The first-order chi connectivity index (χ1) is 7.22. The van der Waals surface area contributed by atoms with Crippen LogP contribution in [0.1, 0.15) is 32.6 Å². The summed E-state index contributed by atoms with van der Waals surface area (Å²) in [6, 6.07) is 0. The van der Waals surface area contributed by atoms with E-state index in [9.17, 15) is 0 Å². The van der Waals surface area contributed by atoms with E-state index in [1.54, 1.807) is 0 Å². The highest BCUT2D eigenvalue weighted by Gasteiger charge is 2.38. The molecule has 0 aromatic rings. The smallest absolute Gasteiger partial charge is 0.167 e. The lowest BCUT2D eigenvalue weighted by molar-refractivity contribution is -0.157. The minimum absolute atomic E-state index is 0.101. The van der Waals surface area contributed by atoms with Crippen molar-refractivity contribution in [1.29, 1.82) is 0 Å². The molecule has 0 aromatic carbocycles. The summed E-state index contributed by atoms with van der Waals surface area (Å²) >= 11 is 2.07. The van der Waals surface area contributed by atoms with Gasteiger partial charge in [-0.25, -0.2) is 0 Å². The first kappa shape index (κ1) is 11.7. The van der Waals surface area contributed by atoms with Crippen molar-refractivity contribution in [2.75, 3.05) is 18.9 Å². The third-order valence-electron chi connectivity index (χ3n) is 3.13. The molecule has 2 heterocycles. The van der Waals surface area contributed by atoms with Gasteiger partial charge in [0.2, 0.25) is 0 Å². The predicted molar refractivity (Wildman–Crippen MR) is 63.0 cm³/mol. The van der Waals surface area contributed by atoms with E-state index >= 15 is 0 Å². The molecule has 0 bridgehead atoms. The van der Waals surface area contributed by atoms with Gasteiger partial charge in [0.05, 0.1) is 12.7 Å². The van der Waals surface area contributed by atoms with Crippen molar-refractivity contribution >= 4 is 11.8 Å². The molecule has 3 atom stereocenters. The van der Waals surface area contributed by atoms with Crippen LogP contribution >= 0.6 is 11.8 Å². The Balaban J connectivity index is 1.82. The van der Waals surface area contributed by atoms with Crippen LogP contribution in [-0.4, -0.2) is 36.0 Å². The van der Waals surface area contributed by atoms with E-state index in [4.69, 9.17) is 15.2 Å². The monoisotopic (exact) mass is 231 g/mol. The molecule has 2 fully saturated rings. The van der Waals surface area contributed by atoms with E-state index in [1.165, 1.54) is 25.0 Å². The van der Waals surface area contributed by atoms with Gasteiger partial charge in [-0.15, -0.1) is 0 Å². The summed E-state index contributed by atoms with van der Waals surface area (Å²) in [7, 11) is 0. The fourth-order valence-corrected chi connectivity index (χ4v) is 3.75. The van der Waals surface area contributed by atoms with Crippen LogP contribution in [0.4, 0.5) is 0 Å². The second-order valence-corrected chi connectivity index (χ2v) is 6.02. The van der Waals surface area contributed by atoms with Crippen molar-refractivity contribution in [2.45, 2.75) is 49.7 Å². The maximum absolute atomic E-state index is 5.84. The van der Waals surface area contributed by atoms with E-state index in [0.717, 1.165) is 6.42 Å². The summed E-state index contributed by atoms with van der Waals surface area (Å²) in [5.74, 6) is 0.917. The topological polar surface area (TPSA) is 44.5 Å². The number of ether oxygens (including phenoxy) is 2. The highest BCUT2D eigenvalue weighted by molar-refractivity contribution is 7.99. The summed E-state index contributed by atoms with van der Waals surface area (Å²) in [5.41, 5.74) is 5.58. The maximum atomic E-state index is 5.84. The minimum atomic E-state index is -0.376. The maximum Gasteiger partial charge on any atom is 0.167 e. The molecule has 0 amide bonds. The first-order valence-electron chi connectivity index (χ1n) is 5.85. The van der Waals surface area contributed by atoms with Crippen LogP contribution in [-0.2, 0) is 9.47 Å². The average Bonchev–Trinajstić information content (AvgIpc) is 2.61. The van der Waals surface area contributed by atoms with Crippen LogP contribution in [0.5, 0.6) is 0 Å². The average molecular weight is 231 g/mol. The Morgan fingerprint density at radius 1 is 1.47 bits per heavy atom. The Labute approximate surface area is 96.1 Å². The number of rotatable bonds is 3. The molecule has 2 saturated heterocycles. The standard InChI is InChI=1S/C11H21NO2S/c1-11(13-8-9(7-12)14-11)6-10-4-2-3-5-15-10/h9-10H,2-8,12H2,1H3. The number of hydrogen-bond acceptors (Lipinski definition) is 4. The molecule has 3 unspecified atom stereocenters. The van der Waals surface area contributed by atoms with Gasteiger partial charge >= 0.3 is 0 Å². The molecule has 2 aliphatic rings. The van der Waals surface area contributed by atoms with Crippen LogP contribution in [0.25, 0.3) is 0 Å². The normalized spacial score (nSPS) is 42.0. The number of thioether (sulfide) groups is 1. The summed E-state index contributed by atoms with van der Waals surface area (Å²) in [6.07, 6.45) is 5.14. The lowest BCUT2D eigenvalue weighted by Gasteiger charge is -2.30. The van der Waals surface area contributed by atoms with Crippen LogP contribution in [0.2, 0.25) is 0 Å². The van der Waals surface area contributed by atoms with E-state index in [0.29, 0.717) is 18.4 Å². The van der Waals surface area contributed by atoms with E-state index < -0.39 is 0 Å². The molecule has 0 saturated carbocycles. The van der Waals surface area contributed by atoms with Crippen LogP contribution in [0, 0.1) is 0 Å². The molecule has 88 valence electrons. The summed E-state index contributed by atoms with van der Waals surface area (Å²) < 4.78 is 11.6. The molecule has 0 spiro atoms. The lowest BCUT2D eigenvalue weighted by Crippen LogP contribution is -2.33. The van der Waals surface area contributed by atoms with Crippen molar-refractivity contribution in [1.82, 2.24) is 0 Å². The SMILES string of the molecule is CC1(CC2CCCCS2)OCC(CN)O1. The van der Waals surface area contributed by atoms with Gasteiger partial charge in [-0.05, 0) is 25.5 Å². The Kier molecular flexibility index (Phi) is 3.93. The Bertz CT molecular complexity index is 209. The molecule has 2 N–H and O–H groups in total. The van der Waals surface area contributed by atoms with Crippen molar-refractivity contribution < 1.29 is 9.47 Å². The van der Waals surface area contributed by atoms with Crippen molar-refractivity contribution in [3.8, 4) is 0 Å². The molecule has 2 rings (SSSR count). The largest absolute Gasteiger partial charge is 0.347 e. The van der Waals surface area contributed by atoms with Gasteiger partial charge in [0.25, 0.3) is 0 Å². The third-order valence-corrected chi connectivity index (χ3v) is 4.52. The summed E-state index contributed by atoms with van der Waals surface area (Å²) in [5, 5.41) is 0.709. The number of hydrogen-bond donors (Lipinski definition) is 1. The molecular formula is C11H21NO2S. The van der Waals surface area contributed by atoms with E-state index in [-0.39, 0.29) is 11.9 Å². The van der Waals surface area contributed by atoms with Gasteiger partial charge in [0.1, 0.15) is 0 Å². The second kappa shape index (κ2) is 5.04. The quantitative estimate of drug-likeness (QED) is 0.804. The Morgan fingerprint density at radius 2 is 2.33 bits per heavy atom. The summed E-state index contributed by atoms with van der Waals surface area (Å²) in [4.78, 5) is 0. The molecule has 15 heavy (non-hydrogen) atoms. The third kappa shape index (κ3) is 3.09. The lowest BCUT2D eigenvalue weighted by atomic mass is 10.1.